The zero-order chi connectivity index (χ0) is 16.6. The monoisotopic (exact) mass is 317 g/mol. The quantitative estimate of drug-likeness (QED) is 0.508. The molecule has 0 atom stereocenters. The van der Waals surface area contributed by atoms with Crippen molar-refractivity contribution in [3.63, 3.8) is 0 Å². The van der Waals surface area contributed by atoms with E-state index in [0.29, 0.717) is 0 Å². The predicted molar refractivity (Wildman–Crippen MR) is 74.2 cm³/mol. The van der Waals surface area contributed by atoms with Gasteiger partial charge in [-0.25, -0.2) is 9.59 Å². The van der Waals surface area contributed by atoms with Crippen molar-refractivity contribution < 1.29 is 19.4 Å². The molecular formula is C12H7N5O6. The molecular weight excluding hydrogens is 310 g/mol. The van der Waals surface area contributed by atoms with E-state index in [1.807, 2.05) is 9.97 Å². The van der Waals surface area contributed by atoms with Crippen molar-refractivity contribution in [1.29, 1.82) is 0 Å². The van der Waals surface area contributed by atoms with Gasteiger partial charge in [0.15, 0.2) is 5.42 Å². The van der Waals surface area contributed by atoms with Gasteiger partial charge in [-0.1, -0.05) is 0 Å². The molecule has 116 valence electrons. The van der Waals surface area contributed by atoms with Crippen LogP contribution in [-0.2, 0) is 4.79 Å². The maximum atomic E-state index is 11.6. The SMILES string of the molecule is O=C(O)C1=N/C(=c2/cc/c(=C\c3c(O)[nH]c(=O)[nH]c3=O)o2)N=N1. The predicted octanol–water partition coefficient (Wildman–Crippen LogP) is -1.79. The zero-order valence-corrected chi connectivity index (χ0v) is 11.1. The molecule has 2 aromatic rings. The number of amidine groups is 1. The van der Waals surface area contributed by atoms with Crippen LogP contribution in [0.5, 0.6) is 5.88 Å². The molecule has 3 rings (SSSR count). The molecule has 0 unspecified atom stereocenters. The van der Waals surface area contributed by atoms with Crippen molar-refractivity contribution in [2.24, 2.45) is 15.2 Å². The first-order valence-corrected chi connectivity index (χ1v) is 6.05. The first kappa shape index (κ1) is 14.2. The number of carboxylic acid groups (broad SMARTS) is 1. The van der Waals surface area contributed by atoms with E-state index in [9.17, 15) is 19.5 Å². The Morgan fingerprint density at radius 2 is 2.00 bits per heavy atom. The van der Waals surface area contributed by atoms with Gasteiger partial charge < -0.3 is 14.6 Å². The number of aromatic hydroxyl groups is 1. The number of hydrogen-bond donors (Lipinski definition) is 4. The summed E-state index contributed by atoms with van der Waals surface area (Å²) in [6, 6.07) is 2.88. The molecule has 11 nitrogen and oxygen atoms in total. The van der Waals surface area contributed by atoms with E-state index < -0.39 is 28.9 Å². The Morgan fingerprint density at radius 1 is 1.22 bits per heavy atom. The van der Waals surface area contributed by atoms with E-state index >= 15 is 0 Å². The van der Waals surface area contributed by atoms with E-state index in [-0.39, 0.29) is 22.2 Å². The summed E-state index contributed by atoms with van der Waals surface area (Å²) in [5.74, 6) is -2.46. The fourth-order valence-electron chi connectivity index (χ4n) is 1.75. The van der Waals surface area contributed by atoms with Crippen LogP contribution in [0.2, 0.25) is 0 Å². The molecule has 0 saturated heterocycles. The highest BCUT2D eigenvalue weighted by Crippen LogP contribution is 2.09. The first-order chi connectivity index (χ1) is 10.9. The van der Waals surface area contributed by atoms with Crippen LogP contribution in [0.4, 0.5) is 0 Å². The van der Waals surface area contributed by atoms with Crippen molar-refractivity contribution >= 4 is 23.7 Å². The van der Waals surface area contributed by atoms with Crippen LogP contribution in [0.25, 0.3) is 11.9 Å². The number of azo groups is 1. The number of nitrogens with zero attached hydrogens (tertiary/aromatic N) is 3. The summed E-state index contributed by atoms with van der Waals surface area (Å²) in [4.78, 5) is 40.9. The molecule has 2 aromatic heterocycles. The fourth-order valence-corrected chi connectivity index (χ4v) is 1.75. The van der Waals surface area contributed by atoms with Gasteiger partial charge in [-0.05, 0) is 18.2 Å². The van der Waals surface area contributed by atoms with E-state index in [4.69, 9.17) is 9.52 Å². The number of nitrogens with one attached hydrogen (secondary N) is 2. The Kier molecular flexibility index (Phi) is 3.22. The third-order valence-electron chi connectivity index (χ3n) is 2.74. The third kappa shape index (κ3) is 2.70. The number of carboxylic acids is 1. The summed E-state index contributed by atoms with van der Waals surface area (Å²) in [5, 5.41) is 25.2. The molecule has 0 amide bonds. The average Bonchev–Trinajstić information content (AvgIpc) is 3.11. The summed E-state index contributed by atoms with van der Waals surface area (Å²) >= 11 is 0. The largest absolute Gasteiger partial charge is 0.494 e. The number of furan rings is 1. The van der Waals surface area contributed by atoms with Gasteiger partial charge in [0.05, 0.1) is 0 Å². The summed E-state index contributed by atoms with van der Waals surface area (Å²) in [6.07, 6.45) is 1.18. The van der Waals surface area contributed by atoms with E-state index in [0.717, 1.165) is 0 Å². The number of H-pyrrole nitrogens is 2. The van der Waals surface area contributed by atoms with Gasteiger partial charge in [0.2, 0.25) is 11.7 Å². The molecule has 4 N–H and O–H groups in total. The van der Waals surface area contributed by atoms with Gasteiger partial charge in [-0.2, -0.15) is 4.99 Å². The summed E-state index contributed by atoms with van der Waals surface area (Å²) < 4.78 is 5.34. The number of aliphatic imine (C=N–C) groups is 1. The minimum Gasteiger partial charge on any atom is -0.494 e. The fraction of sp³-hybridized carbons (Fsp3) is 0. The maximum absolute atomic E-state index is 11.6. The van der Waals surface area contributed by atoms with Crippen LogP contribution >= 0.6 is 0 Å². The summed E-state index contributed by atoms with van der Waals surface area (Å²) in [7, 11) is 0. The van der Waals surface area contributed by atoms with Gasteiger partial charge in [-0.3, -0.25) is 14.8 Å². The topological polar surface area (TPSA) is 173 Å². The number of aromatic nitrogens is 2. The van der Waals surface area contributed by atoms with Gasteiger partial charge in [0.1, 0.15) is 11.0 Å². The van der Waals surface area contributed by atoms with Crippen molar-refractivity contribution in [3.05, 3.63) is 49.4 Å². The molecule has 0 spiro atoms. The molecule has 3 heterocycles. The zero-order valence-electron chi connectivity index (χ0n) is 11.1. The first-order valence-electron chi connectivity index (χ1n) is 6.05. The van der Waals surface area contributed by atoms with Crippen LogP contribution < -0.4 is 22.1 Å². The number of aliphatic carboxylic acids is 1. The molecule has 0 saturated carbocycles. The van der Waals surface area contributed by atoms with Crippen molar-refractivity contribution in [2.45, 2.75) is 0 Å². The van der Waals surface area contributed by atoms with Gasteiger partial charge >= 0.3 is 11.7 Å². The summed E-state index contributed by atoms with van der Waals surface area (Å²) in [6.45, 7) is 0. The molecule has 11 heteroatoms. The lowest BCUT2D eigenvalue weighted by Gasteiger charge is -1.94. The Labute approximate surface area is 124 Å². The molecule has 0 bridgehead atoms. The van der Waals surface area contributed by atoms with E-state index in [1.165, 1.54) is 18.2 Å². The van der Waals surface area contributed by atoms with Crippen molar-refractivity contribution in [3.8, 4) is 5.88 Å². The highest BCUT2D eigenvalue weighted by molar-refractivity contribution is 6.36. The number of carbonyl (C=O) groups is 1. The maximum Gasteiger partial charge on any atom is 0.375 e. The standard InChI is InChI=1S/C12H7N5O6/c18-9-5(10(19)15-12(22)14-9)3-4-1-2-6(23-4)7-13-8(11(20)21)17-16-7/h1-3H,(H,20,21)(H3,14,15,18,19,22)/b4-3+,7-6+. The third-order valence-corrected chi connectivity index (χ3v) is 2.74. The molecule has 1 aliphatic heterocycles. The second-order valence-corrected chi connectivity index (χ2v) is 4.28. The number of rotatable bonds is 2. The minimum atomic E-state index is -1.33. The van der Waals surface area contributed by atoms with Crippen LogP contribution in [0, 0.1) is 0 Å². The Bertz CT molecular complexity index is 1100. The van der Waals surface area contributed by atoms with Gasteiger partial charge in [-0.15, -0.1) is 10.2 Å². The average molecular weight is 317 g/mol. The van der Waals surface area contributed by atoms with Crippen LogP contribution in [0.1, 0.15) is 5.56 Å². The molecule has 1 aliphatic rings. The van der Waals surface area contributed by atoms with E-state index in [2.05, 4.69) is 15.2 Å². The molecule has 23 heavy (non-hydrogen) atoms. The lowest BCUT2D eigenvalue weighted by molar-refractivity contribution is -0.129. The smallest absolute Gasteiger partial charge is 0.375 e. The number of aromatic amines is 2. The van der Waals surface area contributed by atoms with Crippen LogP contribution in [0.3, 0.4) is 0 Å². The Morgan fingerprint density at radius 3 is 2.65 bits per heavy atom. The highest BCUT2D eigenvalue weighted by atomic mass is 16.4. The lowest BCUT2D eigenvalue weighted by atomic mass is 10.3. The van der Waals surface area contributed by atoms with Gasteiger partial charge in [0.25, 0.3) is 11.4 Å². The molecule has 0 aliphatic carbocycles. The van der Waals surface area contributed by atoms with Crippen molar-refractivity contribution in [2.75, 3.05) is 0 Å². The minimum absolute atomic E-state index is 0.0401. The van der Waals surface area contributed by atoms with Crippen LogP contribution in [0.15, 0.2) is 41.4 Å². The van der Waals surface area contributed by atoms with Gasteiger partial charge in [0, 0.05) is 0 Å². The molecule has 0 fully saturated rings. The second kappa shape index (κ2) is 5.22. The van der Waals surface area contributed by atoms with E-state index in [1.54, 1.807) is 0 Å². The van der Waals surface area contributed by atoms with Crippen LogP contribution in [-0.4, -0.2) is 32.0 Å². The lowest BCUT2D eigenvalue weighted by Crippen LogP contribution is -2.24. The normalized spacial score (nSPS) is 16.7. The second-order valence-electron chi connectivity index (χ2n) is 4.28. The number of hydrogen-bond acceptors (Lipinski definition) is 8. The highest BCUT2D eigenvalue weighted by Gasteiger charge is 2.16. The summed E-state index contributed by atoms with van der Waals surface area (Å²) in [5.41, 5.74) is -1.59. The molecule has 0 aromatic carbocycles. The Hall–Kier alpha value is -3.76. The molecule has 0 radical (unpaired) electrons. The van der Waals surface area contributed by atoms with Crippen molar-refractivity contribution in [1.82, 2.24) is 9.97 Å². The Balaban J connectivity index is 2.11.